The van der Waals surface area contributed by atoms with E-state index in [1.165, 1.54) is 0 Å². The predicted molar refractivity (Wildman–Crippen MR) is 72.6 cm³/mol. The maximum atomic E-state index is 5.95. The molecular weight excluding hydrogens is 242 g/mol. The molecule has 0 unspecified atom stereocenters. The molecule has 3 rings (SSSR count). The minimum Gasteiger partial charge on any atom is -0.477 e. The van der Waals surface area contributed by atoms with Crippen molar-refractivity contribution in [3.05, 3.63) is 24.3 Å². The van der Waals surface area contributed by atoms with Gasteiger partial charge >= 0.3 is 0 Å². The van der Waals surface area contributed by atoms with Gasteiger partial charge < -0.3 is 14.8 Å². The molecule has 0 radical (unpaired) electrons. The van der Waals surface area contributed by atoms with Crippen LogP contribution < -0.4 is 14.8 Å². The fraction of sp³-hybridized carbons (Fsp3) is 0.429. The first-order valence-electron chi connectivity index (χ1n) is 6.55. The third kappa shape index (κ3) is 2.61. The van der Waals surface area contributed by atoms with Crippen LogP contribution in [0.1, 0.15) is 12.8 Å². The first-order valence-corrected chi connectivity index (χ1v) is 6.55. The molecule has 1 N–H and O–H groups in total. The zero-order valence-electron chi connectivity index (χ0n) is 10.9. The molecule has 1 fully saturated rings. The molecule has 2 aromatic rings. The summed E-state index contributed by atoms with van der Waals surface area (Å²) >= 11 is 0. The van der Waals surface area contributed by atoms with Crippen molar-refractivity contribution in [2.24, 2.45) is 0 Å². The zero-order chi connectivity index (χ0) is 13.1. The topological polar surface area (TPSA) is 56.3 Å². The van der Waals surface area contributed by atoms with E-state index in [0.717, 1.165) is 37.0 Å². The highest BCUT2D eigenvalue weighted by Gasteiger charge is 2.19. The molecule has 0 bridgehead atoms. The van der Waals surface area contributed by atoms with Crippen LogP contribution in [0.4, 0.5) is 0 Å². The molecule has 0 saturated carbocycles. The van der Waals surface area contributed by atoms with Gasteiger partial charge in [0.1, 0.15) is 6.10 Å². The van der Waals surface area contributed by atoms with Gasteiger partial charge in [-0.1, -0.05) is 12.1 Å². The van der Waals surface area contributed by atoms with Gasteiger partial charge in [-0.3, -0.25) is 0 Å². The third-order valence-corrected chi connectivity index (χ3v) is 3.27. The summed E-state index contributed by atoms with van der Waals surface area (Å²) in [6, 6.07) is 7.72. The Hall–Kier alpha value is -1.88. The van der Waals surface area contributed by atoms with Crippen molar-refractivity contribution in [2.75, 3.05) is 20.2 Å². The number of hydrogen-bond acceptors (Lipinski definition) is 5. The van der Waals surface area contributed by atoms with E-state index in [-0.39, 0.29) is 6.10 Å². The highest BCUT2D eigenvalue weighted by Crippen LogP contribution is 2.27. The van der Waals surface area contributed by atoms with Crippen LogP contribution in [0.2, 0.25) is 0 Å². The van der Waals surface area contributed by atoms with E-state index in [0.29, 0.717) is 11.8 Å². The Morgan fingerprint density at radius 2 is 1.68 bits per heavy atom. The molecule has 1 aromatic carbocycles. The lowest BCUT2D eigenvalue weighted by atomic mass is 10.1. The number of aromatic nitrogens is 2. The van der Waals surface area contributed by atoms with E-state index in [4.69, 9.17) is 9.47 Å². The summed E-state index contributed by atoms with van der Waals surface area (Å²) in [6.07, 6.45) is 2.15. The molecular formula is C14H17N3O2. The third-order valence-electron chi connectivity index (χ3n) is 3.27. The van der Waals surface area contributed by atoms with Crippen molar-refractivity contribution in [1.29, 1.82) is 0 Å². The summed E-state index contributed by atoms with van der Waals surface area (Å²) in [4.78, 5) is 8.94. The van der Waals surface area contributed by atoms with Gasteiger partial charge in [0, 0.05) is 0 Å². The Morgan fingerprint density at radius 1 is 1.05 bits per heavy atom. The van der Waals surface area contributed by atoms with Crippen molar-refractivity contribution in [1.82, 2.24) is 15.3 Å². The van der Waals surface area contributed by atoms with Crippen LogP contribution in [-0.4, -0.2) is 36.3 Å². The molecule has 5 nitrogen and oxygen atoms in total. The van der Waals surface area contributed by atoms with Crippen molar-refractivity contribution in [2.45, 2.75) is 18.9 Å². The Labute approximate surface area is 112 Å². The lowest BCUT2D eigenvalue weighted by molar-refractivity contribution is 0.149. The van der Waals surface area contributed by atoms with E-state index < -0.39 is 0 Å². The van der Waals surface area contributed by atoms with Gasteiger partial charge in [0.25, 0.3) is 11.8 Å². The first-order chi connectivity index (χ1) is 9.36. The Balaban J connectivity index is 1.91. The summed E-state index contributed by atoms with van der Waals surface area (Å²) in [7, 11) is 1.59. The zero-order valence-corrected chi connectivity index (χ0v) is 10.9. The lowest BCUT2D eigenvalue weighted by Gasteiger charge is -2.23. The SMILES string of the molecule is COc1nc2ccccc2nc1OC1CCNCC1. The fourth-order valence-corrected chi connectivity index (χ4v) is 2.25. The maximum absolute atomic E-state index is 5.95. The average molecular weight is 259 g/mol. The molecule has 1 saturated heterocycles. The van der Waals surface area contributed by atoms with Crippen LogP contribution >= 0.6 is 0 Å². The van der Waals surface area contributed by atoms with E-state index in [2.05, 4.69) is 15.3 Å². The molecule has 1 aromatic heterocycles. The molecule has 5 heteroatoms. The smallest absolute Gasteiger partial charge is 0.278 e. The van der Waals surface area contributed by atoms with Gasteiger partial charge in [-0.15, -0.1) is 0 Å². The van der Waals surface area contributed by atoms with Gasteiger partial charge in [0.2, 0.25) is 0 Å². The molecule has 19 heavy (non-hydrogen) atoms. The molecule has 0 amide bonds. The summed E-state index contributed by atoms with van der Waals surface area (Å²) in [6.45, 7) is 1.96. The Kier molecular flexibility index (Phi) is 3.46. The number of piperidine rings is 1. The van der Waals surface area contributed by atoms with Crippen LogP contribution in [0, 0.1) is 0 Å². The number of methoxy groups -OCH3 is 1. The van der Waals surface area contributed by atoms with Gasteiger partial charge in [-0.2, -0.15) is 0 Å². The van der Waals surface area contributed by atoms with Gasteiger partial charge in [0.05, 0.1) is 18.1 Å². The molecule has 100 valence electrons. The largest absolute Gasteiger partial charge is 0.477 e. The lowest BCUT2D eigenvalue weighted by Crippen LogP contribution is -2.34. The van der Waals surface area contributed by atoms with E-state index in [9.17, 15) is 0 Å². The number of para-hydroxylation sites is 2. The first kappa shape index (κ1) is 12.2. The second-order valence-electron chi connectivity index (χ2n) is 4.59. The average Bonchev–Trinajstić information content (AvgIpc) is 2.47. The van der Waals surface area contributed by atoms with Crippen LogP contribution in [0.15, 0.2) is 24.3 Å². The normalized spacial score (nSPS) is 16.5. The molecule has 2 heterocycles. The number of hydrogen-bond donors (Lipinski definition) is 1. The number of benzene rings is 1. The standard InChI is InChI=1S/C14H17N3O2/c1-18-13-14(19-10-6-8-15-9-7-10)17-12-5-3-2-4-11(12)16-13/h2-5,10,15H,6-9H2,1H3. The molecule has 1 aliphatic rings. The highest BCUT2D eigenvalue weighted by atomic mass is 16.5. The summed E-state index contributed by atoms with van der Waals surface area (Å²) in [5.74, 6) is 0.949. The summed E-state index contributed by atoms with van der Waals surface area (Å²) < 4.78 is 11.2. The molecule has 0 aliphatic carbocycles. The van der Waals surface area contributed by atoms with E-state index in [1.807, 2.05) is 24.3 Å². The number of nitrogens with zero attached hydrogens (tertiary/aromatic N) is 2. The van der Waals surface area contributed by atoms with Gasteiger partial charge in [-0.05, 0) is 38.1 Å². The van der Waals surface area contributed by atoms with Crippen LogP contribution in [0.25, 0.3) is 11.0 Å². The Morgan fingerprint density at radius 3 is 2.32 bits per heavy atom. The monoisotopic (exact) mass is 259 g/mol. The minimum atomic E-state index is 0.186. The van der Waals surface area contributed by atoms with Crippen molar-refractivity contribution in [3.63, 3.8) is 0 Å². The van der Waals surface area contributed by atoms with Crippen LogP contribution in [-0.2, 0) is 0 Å². The Bertz CT molecular complexity index is 568. The van der Waals surface area contributed by atoms with Gasteiger partial charge in [0.15, 0.2) is 0 Å². The number of ether oxygens (including phenoxy) is 2. The van der Waals surface area contributed by atoms with Crippen LogP contribution in [0.3, 0.4) is 0 Å². The summed E-state index contributed by atoms with van der Waals surface area (Å²) in [5.41, 5.74) is 1.64. The predicted octanol–water partition coefficient (Wildman–Crippen LogP) is 1.77. The molecule has 1 aliphatic heterocycles. The molecule has 0 atom stereocenters. The second kappa shape index (κ2) is 5.40. The number of nitrogens with one attached hydrogen (secondary N) is 1. The van der Waals surface area contributed by atoms with E-state index in [1.54, 1.807) is 7.11 Å². The van der Waals surface area contributed by atoms with Crippen molar-refractivity contribution in [3.8, 4) is 11.8 Å². The summed E-state index contributed by atoms with van der Waals surface area (Å²) in [5, 5.41) is 3.31. The number of fused-ring (bicyclic) bond motifs is 1. The molecule has 0 spiro atoms. The maximum Gasteiger partial charge on any atom is 0.278 e. The van der Waals surface area contributed by atoms with Crippen LogP contribution in [0.5, 0.6) is 11.8 Å². The fourth-order valence-electron chi connectivity index (χ4n) is 2.25. The van der Waals surface area contributed by atoms with Crippen molar-refractivity contribution < 1.29 is 9.47 Å². The van der Waals surface area contributed by atoms with E-state index >= 15 is 0 Å². The number of rotatable bonds is 3. The van der Waals surface area contributed by atoms with Gasteiger partial charge in [-0.25, -0.2) is 9.97 Å². The van der Waals surface area contributed by atoms with Crippen molar-refractivity contribution >= 4 is 11.0 Å². The second-order valence-corrected chi connectivity index (χ2v) is 4.59. The quantitative estimate of drug-likeness (QED) is 0.910. The minimum absolute atomic E-state index is 0.186. The highest BCUT2D eigenvalue weighted by molar-refractivity contribution is 5.75.